The minimum Gasteiger partial charge on any atom is -0.241 e. The maximum Gasteiger partial charge on any atom is 0.240 e. The number of hydrogen-bond acceptors (Lipinski definition) is 3. The maximum absolute atomic E-state index is 12.5. The number of nitrogens with one attached hydrogen (secondary N) is 1. The Morgan fingerprint density at radius 2 is 1.71 bits per heavy atom. The molecule has 0 amide bonds. The number of hydrogen-bond donors (Lipinski definition) is 1. The van der Waals surface area contributed by atoms with Crippen LogP contribution in [0.4, 0.5) is 0 Å². The van der Waals surface area contributed by atoms with Crippen molar-refractivity contribution in [3.63, 3.8) is 0 Å². The van der Waals surface area contributed by atoms with Gasteiger partial charge in [0.2, 0.25) is 10.0 Å². The van der Waals surface area contributed by atoms with Gasteiger partial charge < -0.3 is 0 Å². The van der Waals surface area contributed by atoms with E-state index in [4.69, 9.17) is 0 Å². The molecule has 0 aliphatic carbocycles. The van der Waals surface area contributed by atoms with E-state index in [-0.39, 0.29) is 11.4 Å². The molecule has 0 saturated carbocycles. The van der Waals surface area contributed by atoms with E-state index in [1.165, 1.54) is 0 Å². The van der Waals surface area contributed by atoms with Gasteiger partial charge in [-0.2, -0.15) is 5.10 Å². The Balaban J connectivity index is 1.59. The van der Waals surface area contributed by atoms with Crippen LogP contribution < -0.4 is 4.72 Å². The Labute approximate surface area is 139 Å². The van der Waals surface area contributed by atoms with Crippen LogP contribution in [0, 0.1) is 0 Å². The summed E-state index contributed by atoms with van der Waals surface area (Å²) in [5, 5.41) is 6.26. The fourth-order valence-electron chi connectivity index (χ4n) is 2.66. The van der Waals surface area contributed by atoms with Gasteiger partial charge in [-0.1, -0.05) is 36.4 Å². The van der Waals surface area contributed by atoms with Crippen LogP contribution in [0.25, 0.3) is 16.3 Å². The molecule has 4 rings (SSSR count). The van der Waals surface area contributed by atoms with E-state index in [0.29, 0.717) is 5.69 Å². The molecule has 0 aliphatic heterocycles. The van der Waals surface area contributed by atoms with Crippen LogP contribution in [0.2, 0.25) is 0 Å². The van der Waals surface area contributed by atoms with Crippen LogP contribution >= 0.6 is 0 Å². The van der Waals surface area contributed by atoms with Crippen molar-refractivity contribution in [3.8, 4) is 0 Å². The van der Waals surface area contributed by atoms with Crippen LogP contribution in [0.1, 0.15) is 5.69 Å². The predicted octanol–water partition coefficient (Wildman–Crippen LogP) is 2.97. The van der Waals surface area contributed by atoms with Crippen LogP contribution in [-0.4, -0.2) is 18.0 Å². The molecule has 0 bridgehead atoms. The number of sulfonamides is 1. The molecule has 0 spiro atoms. The third-order valence-corrected chi connectivity index (χ3v) is 5.29. The summed E-state index contributed by atoms with van der Waals surface area (Å²) in [5.41, 5.74) is 1.60. The van der Waals surface area contributed by atoms with Gasteiger partial charge in [-0.05, 0) is 41.1 Å². The zero-order chi connectivity index (χ0) is 16.6. The van der Waals surface area contributed by atoms with E-state index in [9.17, 15) is 8.42 Å². The number of fused-ring (bicyclic) bond motifs is 2. The summed E-state index contributed by atoms with van der Waals surface area (Å²) in [7, 11) is -3.59. The molecule has 0 fully saturated rings. The third-order valence-electron chi connectivity index (χ3n) is 3.90. The molecule has 5 nitrogen and oxygen atoms in total. The summed E-state index contributed by atoms with van der Waals surface area (Å²) in [5.74, 6) is 0. The lowest BCUT2D eigenvalue weighted by molar-refractivity contribution is 0.580. The lowest BCUT2D eigenvalue weighted by Gasteiger charge is -2.06. The fourth-order valence-corrected chi connectivity index (χ4v) is 3.70. The van der Waals surface area contributed by atoms with Gasteiger partial charge in [-0.25, -0.2) is 17.7 Å². The van der Waals surface area contributed by atoms with Gasteiger partial charge in [0.15, 0.2) is 0 Å². The number of aromatic nitrogens is 2. The molecule has 0 aliphatic rings. The minimum atomic E-state index is -3.59. The van der Waals surface area contributed by atoms with Gasteiger partial charge in [-0.15, -0.1) is 0 Å². The summed E-state index contributed by atoms with van der Waals surface area (Å²) in [6.45, 7) is 0.150. The molecule has 2 aromatic carbocycles. The van der Waals surface area contributed by atoms with Crippen molar-refractivity contribution in [1.82, 2.24) is 14.3 Å². The van der Waals surface area contributed by atoms with Gasteiger partial charge in [0.1, 0.15) is 0 Å². The molecule has 2 aromatic heterocycles. The second-order valence-electron chi connectivity index (χ2n) is 5.54. The monoisotopic (exact) mass is 337 g/mol. The standard InChI is InChI=1S/C18H15N3O2S/c22-24(23,18-9-8-14-5-1-2-6-15(14)11-18)19-13-16-12-17-7-3-4-10-21(17)20-16/h1-12,19H,13H2. The second-order valence-corrected chi connectivity index (χ2v) is 7.31. The molecule has 6 heteroatoms. The average molecular weight is 337 g/mol. The molecule has 0 atom stereocenters. The summed E-state index contributed by atoms with van der Waals surface area (Å²) < 4.78 is 29.4. The van der Waals surface area contributed by atoms with Crippen molar-refractivity contribution in [1.29, 1.82) is 0 Å². The van der Waals surface area contributed by atoms with Crippen LogP contribution in [0.5, 0.6) is 0 Å². The summed E-state index contributed by atoms with van der Waals surface area (Å²) in [6.07, 6.45) is 1.83. The molecule has 0 saturated heterocycles. The highest BCUT2D eigenvalue weighted by atomic mass is 32.2. The average Bonchev–Trinajstić information content (AvgIpc) is 3.03. The Morgan fingerprint density at radius 3 is 2.54 bits per heavy atom. The molecule has 0 unspecified atom stereocenters. The van der Waals surface area contributed by atoms with E-state index in [0.717, 1.165) is 16.3 Å². The Hall–Kier alpha value is -2.70. The second kappa shape index (κ2) is 5.74. The largest absolute Gasteiger partial charge is 0.241 e. The van der Waals surface area contributed by atoms with Gasteiger partial charge in [0.25, 0.3) is 0 Å². The first-order valence-corrected chi connectivity index (χ1v) is 9.02. The molecular formula is C18H15N3O2S. The van der Waals surface area contributed by atoms with Crippen molar-refractivity contribution >= 4 is 26.3 Å². The molecule has 2 heterocycles. The minimum absolute atomic E-state index is 0.150. The predicted molar refractivity (Wildman–Crippen MR) is 93.2 cm³/mol. The third kappa shape index (κ3) is 2.77. The normalized spacial score (nSPS) is 12.0. The Bertz CT molecular complexity index is 1100. The Morgan fingerprint density at radius 1 is 0.917 bits per heavy atom. The van der Waals surface area contributed by atoms with E-state index in [1.807, 2.05) is 60.8 Å². The quantitative estimate of drug-likeness (QED) is 0.623. The first kappa shape index (κ1) is 14.9. The van der Waals surface area contributed by atoms with Crippen molar-refractivity contribution in [3.05, 3.63) is 78.6 Å². The summed E-state index contributed by atoms with van der Waals surface area (Å²) in [6, 6.07) is 20.4. The lowest BCUT2D eigenvalue weighted by atomic mass is 10.1. The van der Waals surface area contributed by atoms with E-state index in [2.05, 4.69) is 9.82 Å². The van der Waals surface area contributed by atoms with Crippen molar-refractivity contribution < 1.29 is 8.42 Å². The number of pyridine rings is 1. The lowest BCUT2D eigenvalue weighted by Crippen LogP contribution is -2.23. The topological polar surface area (TPSA) is 63.5 Å². The van der Waals surface area contributed by atoms with E-state index < -0.39 is 10.0 Å². The van der Waals surface area contributed by atoms with E-state index >= 15 is 0 Å². The van der Waals surface area contributed by atoms with Gasteiger partial charge in [-0.3, -0.25) is 0 Å². The van der Waals surface area contributed by atoms with Gasteiger partial charge in [0, 0.05) is 6.20 Å². The van der Waals surface area contributed by atoms with Crippen LogP contribution in [0.3, 0.4) is 0 Å². The zero-order valence-electron chi connectivity index (χ0n) is 12.8. The number of rotatable bonds is 4. The van der Waals surface area contributed by atoms with Gasteiger partial charge in [0.05, 0.1) is 22.7 Å². The molecular weight excluding hydrogens is 322 g/mol. The molecule has 4 aromatic rings. The fraction of sp³-hybridized carbons (Fsp3) is 0.0556. The SMILES string of the molecule is O=S(=O)(NCc1cc2ccccn2n1)c1ccc2ccccc2c1. The number of benzene rings is 2. The smallest absolute Gasteiger partial charge is 0.240 e. The highest BCUT2D eigenvalue weighted by Gasteiger charge is 2.15. The summed E-state index contributed by atoms with van der Waals surface area (Å²) in [4.78, 5) is 0.255. The van der Waals surface area contributed by atoms with Crippen molar-refractivity contribution in [2.75, 3.05) is 0 Å². The summed E-state index contributed by atoms with van der Waals surface area (Å²) >= 11 is 0. The van der Waals surface area contributed by atoms with Crippen LogP contribution in [-0.2, 0) is 16.6 Å². The van der Waals surface area contributed by atoms with Gasteiger partial charge >= 0.3 is 0 Å². The van der Waals surface area contributed by atoms with E-state index in [1.54, 1.807) is 16.6 Å². The molecule has 24 heavy (non-hydrogen) atoms. The molecule has 0 radical (unpaired) electrons. The van der Waals surface area contributed by atoms with Crippen LogP contribution in [0.15, 0.2) is 77.8 Å². The maximum atomic E-state index is 12.5. The zero-order valence-corrected chi connectivity index (χ0v) is 13.6. The highest BCUT2D eigenvalue weighted by molar-refractivity contribution is 7.89. The van der Waals surface area contributed by atoms with Crippen molar-refractivity contribution in [2.24, 2.45) is 0 Å². The number of nitrogens with zero attached hydrogens (tertiary/aromatic N) is 2. The molecule has 120 valence electrons. The Kier molecular flexibility index (Phi) is 3.55. The first-order valence-electron chi connectivity index (χ1n) is 7.54. The molecule has 1 N–H and O–H groups in total. The first-order chi connectivity index (χ1) is 11.6. The van der Waals surface area contributed by atoms with Crippen molar-refractivity contribution in [2.45, 2.75) is 11.4 Å². The highest BCUT2D eigenvalue weighted by Crippen LogP contribution is 2.19.